The van der Waals surface area contributed by atoms with Crippen molar-refractivity contribution >= 4 is 5.69 Å². The van der Waals surface area contributed by atoms with Crippen LogP contribution in [0.1, 0.15) is 31.7 Å². The van der Waals surface area contributed by atoms with E-state index in [0.29, 0.717) is 12.1 Å². The average Bonchev–Trinajstić information content (AvgIpc) is 2.70. The molecule has 88 valence electrons. The first-order chi connectivity index (χ1) is 7.74. The number of rotatable bonds is 4. The Morgan fingerprint density at radius 1 is 1.56 bits per heavy atom. The van der Waals surface area contributed by atoms with Crippen molar-refractivity contribution in [3.8, 4) is 0 Å². The van der Waals surface area contributed by atoms with Gasteiger partial charge in [-0.15, -0.1) is 0 Å². The van der Waals surface area contributed by atoms with Crippen LogP contribution in [0.15, 0.2) is 18.5 Å². The Kier molecular flexibility index (Phi) is 3.78. The lowest BCUT2D eigenvalue weighted by Gasteiger charge is -2.18. The van der Waals surface area contributed by atoms with Crippen molar-refractivity contribution in [1.82, 2.24) is 4.98 Å². The van der Waals surface area contributed by atoms with Gasteiger partial charge in [-0.25, -0.2) is 0 Å². The third-order valence-corrected chi connectivity index (χ3v) is 2.93. The number of pyridine rings is 1. The summed E-state index contributed by atoms with van der Waals surface area (Å²) in [6.07, 6.45) is 7.69. The summed E-state index contributed by atoms with van der Waals surface area (Å²) in [6, 6.07) is 2.56. The van der Waals surface area contributed by atoms with Crippen molar-refractivity contribution in [3.63, 3.8) is 0 Å². The predicted octanol–water partition coefficient (Wildman–Crippen LogP) is 2.76. The van der Waals surface area contributed by atoms with E-state index >= 15 is 0 Å². The summed E-state index contributed by atoms with van der Waals surface area (Å²) >= 11 is 0. The molecule has 3 heteroatoms. The van der Waals surface area contributed by atoms with E-state index in [0.717, 1.165) is 18.7 Å². The minimum absolute atomic E-state index is 0.437. The number of anilines is 1. The first-order valence-electron chi connectivity index (χ1n) is 6.04. The van der Waals surface area contributed by atoms with Crippen molar-refractivity contribution in [1.29, 1.82) is 0 Å². The van der Waals surface area contributed by atoms with Crippen molar-refractivity contribution < 1.29 is 4.74 Å². The second kappa shape index (κ2) is 5.30. The van der Waals surface area contributed by atoms with Crippen LogP contribution in [0.25, 0.3) is 0 Å². The number of aromatic nitrogens is 1. The Balaban J connectivity index is 1.84. The van der Waals surface area contributed by atoms with Gasteiger partial charge >= 0.3 is 0 Å². The van der Waals surface area contributed by atoms with Gasteiger partial charge in [0.15, 0.2) is 0 Å². The van der Waals surface area contributed by atoms with Crippen LogP contribution in [-0.2, 0) is 4.74 Å². The molecule has 2 heterocycles. The molecule has 2 unspecified atom stereocenters. The Morgan fingerprint density at radius 3 is 3.12 bits per heavy atom. The minimum Gasteiger partial charge on any atom is -0.381 e. The molecule has 3 nitrogen and oxygen atoms in total. The fourth-order valence-corrected chi connectivity index (χ4v) is 2.20. The molecule has 0 bridgehead atoms. The highest BCUT2D eigenvalue weighted by molar-refractivity contribution is 5.43. The van der Waals surface area contributed by atoms with E-state index in [1.54, 1.807) is 0 Å². The summed E-state index contributed by atoms with van der Waals surface area (Å²) in [5, 5.41) is 3.47. The maximum atomic E-state index is 5.63. The van der Waals surface area contributed by atoms with Crippen LogP contribution in [0.5, 0.6) is 0 Å². The zero-order chi connectivity index (χ0) is 11.4. The second-order valence-electron chi connectivity index (χ2n) is 4.67. The lowest BCUT2D eigenvalue weighted by Crippen LogP contribution is -2.22. The molecule has 2 rings (SSSR count). The van der Waals surface area contributed by atoms with Gasteiger partial charge in [-0.05, 0) is 44.7 Å². The summed E-state index contributed by atoms with van der Waals surface area (Å²) in [4.78, 5) is 4.18. The van der Waals surface area contributed by atoms with E-state index < -0.39 is 0 Å². The van der Waals surface area contributed by atoms with Crippen LogP contribution in [0.3, 0.4) is 0 Å². The highest BCUT2D eigenvalue weighted by atomic mass is 16.5. The van der Waals surface area contributed by atoms with Crippen molar-refractivity contribution in [2.24, 2.45) is 0 Å². The molecule has 16 heavy (non-hydrogen) atoms. The first-order valence-corrected chi connectivity index (χ1v) is 6.04. The van der Waals surface area contributed by atoms with Crippen LogP contribution in [0.4, 0.5) is 5.69 Å². The number of aryl methyl sites for hydroxylation is 1. The minimum atomic E-state index is 0.437. The summed E-state index contributed by atoms with van der Waals surface area (Å²) in [5.74, 6) is 0. The smallest absolute Gasteiger partial charge is 0.0595 e. The van der Waals surface area contributed by atoms with Gasteiger partial charge in [-0.3, -0.25) is 4.98 Å². The molecule has 1 aliphatic heterocycles. The fourth-order valence-electron chi connectivity index (χ4n) is 2.20. The highest BCUT2D eigenvalue weighted by Gasteiger charge is 2.18. The molecule has 1 aromatic rings. The summed E-state index contributed by atoms with van der Waals surface area (Å²) in [5.41, 5.74) is 2.29. The van der Waals surface area contributed by atoms with Crippen LogP contribution in [0, 0.1) is 6.92 Å². The SMILES string of the molecule is Cc1cncc(NC(C)CC2CCCO2)c1. The second-order valence-corrected chi connectivity index (χ2v) is 4.67. The normalized spacial score (nSPS) is 22.0. The van der Waals surface area contributed by atoms with E-state index in [9.17, 15) is 0 Å². The van der Waals surface area contributed by atoms with Crippen molar-refractivity contribution in [3.05, 3.63) is 24.0 Å². The van der Waals surface area contributed by atoms with Crippen LogP contribution in [0.2, 0.25) is 0 Å². The highest BCUT2D eigenvalue weighted by Crippen LogP contribution is 2.19. The van der Waals surface area contributed by atoms with Gasteiger partial charge in [-0.1, -0.05) is 0 Å². The lowest BCUT2D eigenvalue weighted by molar-refractivity contribution is 0.101. The molecule has 0 aliphatic carbocycles. The van der Waals surface area contributed by atoms with E-state index in [1.165, 1.54) is 18.4 Å². The van der Waals surface area contributed by atoms with E-state index in [1.807, 2.05) is 12.4 Å². The number of nitrogens with zero attached hydrogens (tertiary/aromatic N) is 1. The molecule has 0 saturated carbocycles. The molecule has 1 fully saturated rings. The van der Waals surface area contributed by atoms with E-state index in [2.05, 4.69) is 30.2 Å². The number of hydrogen-bond donors (Lipinski definition) is 1. The topological polar surface area (TPSA) is 34.2 Å². The van der Waals surface area contributed by atoms with E-state index in [-0.39, 0.29) is 0 Å². The summed E-state index contributed by atoms with van der Waals surface area (Å²) in [7, 11) is 0. The predicted molar refractivity (Wildman–Crippen MR) is 65.6 cm³/mol. The van der Waals surface area contributed by atoms with Crippen LogP contribution in [-0.4, -0.2) is 23.7 Å². The number of ether oxygens (including phenoxy) is 1. The lowest BCUT2D eigenvalue weighted by atomic mass is 10.1. The van der Waals surface area contributed by atoms with Gasteiger partial charge < -0.3 is 10.1 Å². The third-order valence-electron chi connectivity index (χ3n) is 2.93. The molecule has 2 atom stereocenters. The quantitative estimate of drug-likeness (QED) is 0.847. The van der Waals surface area contributed by atoms with Crippen molar-refractivity contribution in [2.75, 3.05) is 11.9 Å². The molecule has 1 aliphatic rings. The fraction of sp³-hybridized carbons (Fsp3) is 0.615. The molecule has 1 aromatic heterocycles. The van der Waals surface area contributed by atoms with Gasteiger partial charge in [0, 0.05) is 25.0 Å². The van der Waals surface area contributed by atoms with E-state index in [4.69, 9.17) is 4.74 Å². The molecule has 0 aromatic carbocycles. The zero-order valence-electron chi connectivity index (χ0n) is 10.1. The monoisotopic (exact) mass is 220 g/mol. The van der Waals surface area contributed by atoms with Gasteiger partial charge in [0.25, 0.3) is 0 Å². The van der Waals surface area contributed by atoms with Crippen LogP contribution >= 0.6 is 0 Å². The molecule has 0 radical (unpaired) electrons. The van der Waals surface area contributed by atoms with Crippen molar-refractivity contribution in [2.45, 2.75) is 45.3 Å². The Hall–Kier alpha value is -1.09. The Bertz CT molecular complexity index is 334. The van der Waals surface area contributed by atoms with Gasteiger partial charge in [-0.2, -0.15) is 0 Å². The average molecular weight is 220 g/mol. The zero-order valence-corrected chi connectivity index (χ0v) is 10.1. The largest absolute Gasteiger partial charge is 0.381 e. The number of hydrogen-bond acceptors (Lipinski definition) is 3. The van der Waals surface area contributed by atoms with Crippen LogP contribution < -0.4 is 5.32 Å². The molecule has 0 spiro atoms. The van der Waals surface area contributed by atoms with Gasteiger partial charge in [0.2, 0.25) is 0 Å². The summed E-state index contributed by atoms with van der Waals surface area (Å²) in [6.45, 7) is 5.19. The molecular formula is C13H20N2O. The number of nitrogens with one attached hydrogen (secondary N) is 1. The maximum Gasteiger partial charge on any atom is 0.0595 e. The third kappa shape index (κ3) is 3.20. The standard InChI is InChI=1S/C13H20N2O/c1-10-6-12(9-14-8-10)15-11(2)7-13-4-3-5-16-13/h6,8-9,11,13,15H,3-5,7H2,1-2H3. The van der Waals surface area contributed by atoms with Gasteiger partial charge in [0.05, 0.1) is 11.8 Å². The maximum absolute atomic E-state index is 5.63. The summed E-state index contributed by atoms with van der Waals surface area (Å²) < 4.78 is 5.63. The molecule has 1 N–H and O–H groups in total. The first kappa shape index (κ1) is 11.4. The molecule has 1 saturated heterocycles. The Morgan fingerprint density at radius 2 is 2.44 bits per heavy atom. The van der Waals surface area contributed by atoms with Gasteiger partial charge in [0.1, 0.15) is 0 Å². The molecule has 0 amide bonds. The molecular weight excluding hydrogens is 200 g/mol. The Labute approximate surface area is 97.2 Å².